The lowest BCUT2D eigenvalue weighted by molar-refractivity contribution is -0.0106. The second-order valence-corrected chi connectivity index (χ2v) is 4.33. The van der Waals surface area contributed by atoms with Crippen LogP contribution in [0.15, 0.2) is 0 Å². The maximum atomic E-state index is 5.16. The summed E-state index contributed by atoms with van der Waals surface area (Å²) in [7, 11) is 2.22. The van der Waals surface area contributed by atoms with Gasteiger partial charge in [0.05, 0.1) is 19.3 Å². The van der Waals surface area contributed by atoms with Crippen LogP contribution in [-0.2, 0) is 4.74 Å². The summed E-state index contributed by atoms with van der Waals surface area (Å²) in [5, 5.41) is 3.66. The van der Waals surface area contributed by atoms with Crippen molar-refractivity contribution in [2.24, 2.45) is 0 Å². The van der Waals surface area contributed by atoms with Gasteiger partial charge in [-0.25, -0.2) is 0 Å². The number of hydrogen-bond acceptors (Lipinski definition) is 3. The molecular formula is C10H20N2O. The monoisotopic (exact) mass is 184 g/mol. The molecule has 0 aliphatic carbocycles. The second-order valence-electron chi connectivity index (χ2n) is 4.33. The van der Waals surface area contributed by atoms with Crippen LogP contribution < -0.4 is 5.32 Å². The highest BCUT2D eigenvalue weighted by molar-refractivity contribution is 4.81. The lowest BCUT2D eigenvalue weighted by atomic mass is 10.1. The lowest BCUT2D eigenvalue weighted by Crippen LogP contribution is -2.50. The van der Waals surface area contributed by atoms with E-state index in [0.29, 0.717) is 6.04 Å². The first-order valence-electron chi connectivity index (χ1n) is 5.37. The van der Waals surface area contributed by atoms with Gasteiger partial charge in [0.15, 0.2) is 0 Å². The molecule has 2 heterocycles. The van der Waals surface area contributed by atoms with Gasteiger partial charge in [0.2, 0.25) is 0 Å². The molecule has 1 N–H and O–H groups in total. The normalized spacial score (nSPS) is 32.5. The van der Waals surface area contributed by atoms with Gasteiger partial charge in [0, 0.05) is 6.04 Å². The predicted octanol–water partition coefficient (Wildman–Crippen LogP) is 0.459. The van der Waals surface area contributed by atoms with Crippen LogP contribution in [0, 0.1) is 0 Å². The average molecular weight is 184 g/mol. The van der Waals surface area contributed by atoms with Crippen LogP contribution in [0.1, 0.15) is 19.3 Å². The zero-order valence-electron chi connectivity index (χ0n) is 8.46. The molecule has 2 aliphatic rings. The average Bonchev–Trinajstić information content (AvgIpc) is 2.23. The maximum absolute atomic E-state index is 5.16. The summed E-state index contributed by atoms with van der Waals surface area (Å²) in [6.07, 6.45) is 3.97. The molecule has 3 heteroatoms. The van der Waals surface area contributed by atoms with E-state index in [-0.39, 0.29) is 0 Å². The van der Waals surface area contributed by atoms with E-state index in [0.717, 1.165) is 19.3 Å². The molecule has 0 bridgehead atoms. The summed E-state index contributed by atoms with van der Waals surface area (Å²) in [5.74, 6) is 0. The molecule has 2 aliphatic heterocycles. The van der Waals surface area contributed by atoms with Crippen molar-refractivity contribution in [1.29, 1.82) is 0 Å². The molecule has 0 aromatic carbocycles. The van der Waals surface area contributed by atoms with Crippen molar-refractivity contribution in [2.75, 3.05) is 33.4 Å². The number of ether oxygens (including phenoxy) is 1. The van der Waals surface area contributed by atoms with E-state index >= 15 is 0 Å². The van der Waals surface area contributed by atoms with Crippen molar-refractivity contribution in [3.63, 3.8) is 0 Å². The standard InChI is InChI=1S/C10H20N2O/c1-12-5-2-3-9(4-6-12)11-10-7-13-8-10/h9-11H,2-8H2,1H3. The Morgan fingerprint density at radius 2 is 2.00 bits per heavy atom. The summed E-state index contributed by atoms with van der Waals surface area (Å²) < 4.78 is 5.16. The van der Waals surface area contributed by atoms with Crippen molar-refractivity contribution in [3.8, 4) is 0 Å². The van der Waals surface area contributed by atoms with Gasteiger partial charge in [-0.05, 0) is 39.4 Å². The molecule has 0 spiro atoms. The van der Waals surface area contributed by atoms with Crippen molar-refractivity contribution in [1.82, 2.24) is 10.2 Å². The quantitative estimate of drug-likeness (QED) is 0.675. The summed E-state index contributed by atoms with van der Waals surface area (Å²) in [6, 6.07) is 1.38. The van der Waals surface area contributed by atoms with E-state index < -0.39 is 0 Å². The summed E-state index contributed by atoms with van der Waals surface area (Å²) in [4.78, 5) is 2.43. The fourth-order valence-electron chi connectivity index (χ4n) is 2.07. The zero-order chi connectivity index (χ0) is 9.10. The molecule has 1 unspecified atom stereocenters. The molecule has 2 rings (SSSR count). The Hall–Kier alpha value is -0.120. The molecule has 0 radical (unpaired) electrons. The zero-order valence-corrected chi connectivity index (χ0v) is 8.46. The highest BCUT2D eigenvalue weighted by Crippen LogP contribution is 2.12. The van der Waals surface area contributed by atoms with E-state index in [1.807, 2.05) is 0 Å². The molecule has 76 valence electrons. The first kappa shape index (κ1) is 9.44. The fraction of sp³-hybridized carbons (Fsp3) is 1.00. The van der Waals surface area contributed by atoms with E-state index in [1.54, 1.807) is 0 Å². The summed E-state index contributed by atoms with van der Waals surface area (Å²) >= 11 is 0. The molecule has 0 saturated carbocycles. The van der Waals surface area contributed by atoms with Crippen LogP contribution in [-0.4, -0.2) is 50.3 Å². The molecule has 0 amide bonds. The van der Waals surface area contributed by atoms with Gasteiger partial charge in [0.25, 0.3) is 0 Å². The molecule has 1 atom stereocenters. The van der Waals surface area contributed by atoms with Crippen molar-refractivity contribution in [2.45, 2.75) is 31.3 Å². The summed E-state index contributed by atoms with van der Waals surface area (Å²) in [6.45, 7) is 4.35. The Morgan fingerprint density at radius 1 is 1.15 bits per heavy atom. The van der Waals surface area contributed by atoms with Gasteiger partial charge in [-0.15, -0.1) is 0 Å². The molecule has 2 fully saturated rings. The number of hydrogen-bond donors (Lipinski definition) is 1. The third-order valence-corrected chi connectivity index (χ3v) is 3.06. The number of likely N-dealkylation sites (tertiary alicyclic amines) is 1. The van der Waals surface area contributed by atoms with Crippen LogP contribution in [0.5, 0.6) is 0 Å². The third kappa shape index (κ3) is 2.66. The van der Waals surface area contributed by atoms with Crippen molar-refractivity contribution in [3.05, 3.63) is 0 Å². The van der Waals surface area contributed by atoms with E-state index in [4.69, 9.17) is 4.74 Å². The largest absolute Gasteiger partial charge is 0.378 e. The Kier molecular flexibility index (Phi) is 3.19. The molecule has 13 heavy (non-hydrogen) atoms. The smallest absolute Gasteiger partial charge is 0.0643 e. The van der Waals surface area contributed by atoms with Crippen LogP contribution in [0.2, 0.25) is 0 Å². The fourth-order valence-corrected chi connectivity index (χ4v) is 2.07. The van der Waals surface area contributed by atoms with Gasteiger partial charge >= 0.3 is 0 Å². The first-order chi connectivity index (χ1) is 6.34. The van der Waals surface area contributed by atoms with Gasteiger partial charge < -0.3 is 15.0 Å². The van der Waals surface area contributed by atoms with Gasteiger partial charge in [-0.2, -0.15) is 0 Å². The second kappa shape index (κ2) is 4.40. The van der Waals surface area contributed by atoms with E-state index in [1.165, 1.54) is 32.4 Å². The maximum Gasteiger partial charge on any atom is 0.0643 e. The predicted molar refractivity (Wildman–Crippen MR) is 52.9 cm³/mol. The van der Waals surface area contributed by atoms with Crippen LogP contribution in [0.3, 0.4) is 0 Å². The molecule has 0 aromatic heterocycles. The van der Waals surface area contributed by atoms with Gasteiger partial charge in [0.1, 0.15) is 0 Å². The first-order valence-corrected chi connectivity index (χ1v) is 5.37. The highest BCUT2D eigenvalue weighted by atomic mass is 16.5. The van der Waals surface area contributed by atoms with Crippen LogP contribution >= 0.6 is 0 Å². The van der Waals surface area contributed by atoms with Gasteiger partial charge in [-0.3, -0.25) is 0 Å². The number of nitrogens with zero attached hydrogens (tertiary/aromatic N) is 1. The molecule has 2 saturated heterocycles. The third-order valence-electron chi connectivity index (χ3n) is 3.06. The van der Waals surface area contributed by atoms with Crippen molar-refractivity contribution < 1.29 is 4.74 Å². The summed E-state index contributed by atoms with van der Waals surface area (Å²) in [5.41, 5.74) is 0. The van der Waals surface area contributed by atoms with Crippen LogP contribution in [0.25, 0.3) is 0 Å². The molecule has 0 aromatic rings. The Bertz CT molecular complexity index is 159. The minimum absolute atomic E-state index is 0.647. The van der Waals surface area contributed by atoms with Crippen LogP contribution in [0.4, 0.5) is 0 Å². The Morgan fingerprint density at radius 3 is 2.69 bits per heavy atom. The SMILES string of the molecule is CN1CCCC(NC2COC2)CC1. The topological polar surface area (TPSA) is 24.5 Å². The highest BCUT2D eigenvalue weighted by Gasteiger charge is 2.23. The Labute approximate surface area is 80.4 Å². The van der Waals surface area contributed by atoms with E-state index in [9.17, 15) is 0 Å². The van der Waals surface area contributed by atoms with E-state index in [2.05, 4.69) is 17.3 Å². The number of nitrogens with one attached hydrogen (secondary N) is 1. The minimum Gasteiger partial charge on any atom is -0.378 e. The lowest BCUT2D eigenvalue weighted by Gasteiger charge is -2.31. The Balaban J connectivity index is 1.71. The number of rotatable bonds is 2. The van der Waals surface area contributed by atoms with Crippen molar-refractivity contribution >= 4 is 0 Å². The molecular weight excluding hydrogens is 164 g/mol. The minimum atomic E-state index is 0.647. The molecule has 3 nitrogen and oxygen atoms in total. The van der Waals surface area contributed by atoms with Gasteiger partial charge in [-0.1, -0.05) is 0 Å².